The zero-order valence-corrected chi connectivity index (χ0v) is 18.0. The molecule has 1 aromatic heterocycles. The fraction of sp³-hybridized carbons (Fsp3) is 0.667. The number of carbonyl (C=O) groups excluding carboxylic acids is 2. The van der Waals surface area contributed by atoms with Gasteiger partial charge in [0.2, 0.25) is 23.6 Å². The number of nitrogens with two attached hydrogens (primary N) is 2. The summed E-state index contributed by atoms with van der Waals surface area (Å²) >= 11 is 0. The van der Waals surface area contributed by atoms with Crippen LogP contribution in [0.1, 0.15) is 56.9 Å². The first-order valence-electron chi connectivity index (χ1n) is 11.1. The van der Waals surface area contributed by atoms with E-state index in [9.17, 15) is 24.6 Å². The maximum absolute atomic E-state index is 12.5. The van der Waals surface area contributed by atoms with E-state index in [0.717, 1.165) is 45.1 Å². The third-order valence-electron chi connectivity index (χ3n) is 6.55. The number of aromatic nitrogens is 2. The van der Waals surface area contributed by atoms with Gasteiger partial charge in [0.05, 0.1) is 5.56 Å². The quantitative estimate of drug-likeness (QED) is 0.316. The third-order valence-corrected chi connectivity index (χ3v) is 6.55. The molecule has 1 aliphatic heterocycles. The molecule has 0 aromatic carbocycles. The van der Waals surface area contributed by atoms with Crippen LogP contribution in [-0.2, 0) is 20.8 Å². The second kappa shape index (κ2) is 10.5. The zero-order chi connectivity index (χ0) is 23.3. The van der Waals surface area contributed by atoms with Crippen LogP contribution in [0.3, 0.4) is 0 Å². The van der Waals surface area contributed by atoms with Crippen molar-refractivity contribution in [1.82, 2.24) is 15.3 Å². The van der Waals surface area contributed by atoms with E-state index < -0.39 is 17.9 Å². The average Bonchev–Trinajstić information content (AvgIpc) is 2.75. The Balaban J connectivity index is 1.41. The fourth-order valence-electron chi connectivity index (χ4n) is 4.65. The maximum atomic E-state index is 12.5. The Morgan fingerprint density at radius 2 is 1.81 bits per heavy atom. The lowest BCUT2D eigenvalue weighted by Crippen LogP contribution is -2.44. The molecule has 2 heterocycles. The number of carbonyl (C=O) groups is 3. The molecule has 176 valence electrons. The highest BCUT2D eigenvalue weighted by atomic mass is 16.4. The minimum absolute atomic E-state index is 0.00249. The summed E-state index contributed by atoms with van der Waals surface area (Å²) in [5, 5.41) is 25.1. The Bertz CT molecular complexity index is 855. The van der Waals surface area contributed by atoms with Crippen LogP contribution in [-0.4, -0.2) is 50.6 Å². The van der Waals surface area contributed by atoms with Crippen LogP contribution in [0, 0.1) is 17.8 Å². The summed E-state index contributed by atoms with van der Waals surface area (Å²) < 4.78 is 0. The molecule has 1 aromatic rings. The van der Waals surface area contributed by atoms with Crippen LogP contribution in [0.4, 0.5) is 11.8 Å². The molecule has 1 saturated carbocycles. The molecule has 3 rings (SSSR count). The van der Waals surface area contributed by atoms with Gasteiger partial charge in [-0.15, -0.1) is 0 Å². The largest absolute Gasteiger partial charge is 0.493 e. The summed E-state index contributed by atoms with van der Waals surface area (Å²) in [6.45, 7) is 0.766. The Labute approximate surface area is 186 Å². The molecule has 2 aliphatic rings. The number of anilines is 2. The summed E-state index contributed by atoms with van der Waals surface area (Å²) in [6.07, 6.45) is 5.91. The molecule has 11 nitrogen and oxygen atoms in total. The molecule has 0 bridgehead atoms. The summed E-state index contributed by atoms with van der Waals surface area (Å²) in [5.41, 5.74) is 11.4. The number of hydrogen-bond acceptors (Lipinski definition) is 8. The van der Waals surface area contributed by atoms with Crippen molar-refractivity contribution < 1.29 is 24.6 Å². The summed E-state index contributed by atoms with van der Waals surface area (Å²) in [6, 6.07) is -1.09. The highest BCUT2D eigenvalue weighted by Crippen LogP contribution is 2.35. The van der Waals surface area contributed by atoms with Crippen molar-refractivity contribution in [2.24, 2.45) is 23.5 Å². The smallest absolute Gasteiger partial charge is 0.326 e. The molecule has 11 heteroatoms. The Morgan fingerprint density at radius 1 is 1.12 bits per heavy atom. The Kier molecular flexibility index (Phi) is 7.70. The lowest BCUT2D eigenvalue weighted by molar-refractivity contribution is -0.143. The standard InChI is InChI=1S/C21H32N6O5/c22-16(28)8-7-15(20(31)32)25-18(29)13-5-3-11(4-6-13)1-2-12-9-14-17(24-10-12)26-21(23)27-19(14)30/h11-13,15H,1-10H2,(H2,22,28)(H,25,29)(H,31,32)(H4,23,24,26,27,30)/t11?,12-,13?,15-/m0/s1. The van der Waals surface area contributed by atoms with Crippen LogP contribution in [0.2, 0.25) is 0 Å². The number of nitrogen functional groups attached to an aromatic ring is 1. The van der Waals surface area contributed by atoms with Crippen LogP contribution < -0.4 is 22.1 Å². The minimum atomic E-state index is -1.16. The molecule has 0 spiro atoms. The topological polar surface area (TPSA) is 194 Å². The van der Waals surface area contributed by atoms with Gasteiger partial charge in [0.25, 0.3) is 0 Å². The van der Waals surface area contributed by atoms with Gasteiger partial charge in [-0.1, -0.05) is 6.42 Å². The van der Waals surface area contributed by atoms with E-state index in [1.165, 1.54) is 0 Å². The molecule has 0 saturated heterocycles. The van der Waals surface area contributed by atoms with E-state index in [0.29, 0.717) is 29.6 Å². The number of aromatic hydroxyl groups is 1. The number of nitrogens with one attached hydrogen (secondary N) is 2. The van der Waals surface area contributed by atoms with Gasteiger partial charge in [0, 0.05) is 18.9 Å². The number of rotatable bonds is 9. The number of carboxylic acid groups (broad SMARTS) is 1. The monoisotopic (exact) mass is 448 g/mol. The van der Waals surface area contributed by atoms with Crippen LogP contribution in [0.25, 0.3) is 0 Å². The van der Waals surface area contributed by atoms with E-state index in [4.69, 9.17) is 11.5 Å². The highest BCUT2D eigenvalue weighted by Gasteiger charge is 2.30. The van der Waals surface area contributed by atoms with Crippen molar-refractivity contribution in [2.75, 3.05) is 17.6 Å². The van der Waals surface area contributed by atoms with Crippen molar-refractivity contribution in [1.29, 1.82) is 0 Å². The van der Waals surface area contributed by atoms with Crippen molar-refractivity contribution in [2.45, 2.75) is 63.8 Å². The second-order valence-corrected chi connectivity index (χ2v) is 8.88. The SMILES string of the molecule is NC(=O)CC[C@H](NC(=O)C1CCC(CC[C@@H]2CNc3nc(N)nc(O)c3C2)CC1)C(=O)O. The number of primary amides is 1. The molecule has 2 amide bonds. The van der Waals surface area contributed by atoms with E-state index in [-0.39, 0.29) is 36.5 Å². The summed E-state index contributed by atoms with van der Waals surface area (Å²) in [5.74, 6) is -0.738. The van der Waals surface area contributed by atoms with Gasteiger partial charge in [0.15, 0.2) is 0 Å². The van der Waals surface area contributed by atoms with Gasteiger partial charge in [0.1, 0.15) is 11.9 Å². The number of amides is 2. The maximum Gasteiger partial charge on any atom is 0.326 e. The van der Waals surface area contributed by atoms with Crippen LogP contribution in [0.5, 0.6) is 5.88 Å². The van der Waals surface area contributed by atoms with Gasteiger partial charge in [-0.05, 0) is 56.8 Å². The molecular weight excluding hydrogens is 416 g/mol. The zero-order valence-electron chi connectivity index (χ0n) is 18.0. The van der Waals surface area contributed by atoms with Crippen LogP contribution in [0.15, 0.2) is 0 Å². The normalized spacial score (nSPS) is 23.4. The molecule has 2 atom stereocenters. The lowest BCUT2D eigenvalue weighted by atomic mass is 9.78. The van der Waals surface area contributed by atoms with Crippen molar-refractivity contribution in [3.8, 4) is 5.88 Å². The fourth-order valence-corrected chi connectivity index (χ4v) is 4.65. The summed E-state index contributed by atoms with van der Waals surface area (Å²) in [4.78, 5) is 42.7. The molecular formula is C21H32N6O5. The van der Waals surface area contributed by atoms with E-state index in [2.05, 4.69) is 20.6 Å². The molecule has 0 unspecified atom stereocenters. The van der Waals surface area contributed by atoms with E-state index >= 15 is 0 Å². The minimum Gasteiger partial charge on any atom is -0.493 e. The average molecular weight is 449 g/mol. The van der Waals surface area contributed by atoms with Gasteiger partial charge in [-0.2, -0.15) is 9.97 Å². The first-order chi connectivity index (χ1) is 15.2. The van der Waals surface area contributed by atoms with Gasteiger partial charge in [-0.25, -0.2) is 4.79 Å². The van der Waals surface area contributed by atoms with Crippen LogP contribution >= 0.6 is 0 Å². The number of aliphatic carboxylic acids is 1. The predicted octanol–water partition coefficient (Wildman–Crippen LogP) is 0.770. The molecule has 8 N–H and O–H groups in total. The molecule has 1 aliphatic carbocycles. The molecule has 0 radical (unpaired) electrons. The lowest BCUT2D eigenvalue weighted by Gasteiger charge is -2.31. The first-order valence-corrected chi connectivity index (χ1v) is 11.1. The first kappa shape index (κ1) is 23.6. The molecule has 32 heavy (non-hydrogen) atoms. The van der Waals surface area contributed by atoms with E-state index in [1.807, 2.05) is 0 Å². The number of hydrogen-bond donors (Lipinski definition) is 6. The molecule has 1 fully saturated rings. The Hall–Kier alpha value is -3.11. The van der Waals surface area contributed by atoms with Gasteiger partial charge in [-0.3, -0.25) is 9.59 Å². The van der Waals surface area contributed by atoms with Crippen molar-refractivity contribution in [3.05, 3.63) is 5.56 Å². The van der Waals surface area contributed by atoms with Crippen molar-refractivity contribution in [3.63, 3.8) is 0 Å². The Morgan fingerprint density at radius 3 is 2.47 bits per heavy atom. The highest BCUT2D eigenvalue weighted by molar-refractivity contribution is 5.85. The van der Waals surface area contributed by atoms with Crippen molar-refractivity contribution >= 4 is 29.5 Å². The second-order valence-electron chi connectivity index (χ2n) is 8.88. The predicted molar refractivity (Wildman–Crippen MR) is 116 cm³/mol. The van der Waals surface area contributed by atoms with Gasteiger partial charge < -0.3 is 32.3 Å². The third kappa shape index (κ3) is 6.21. The van der Waals surface area contributed by atoms with E-state index in [1.54, 1.807) is 0 Å². The number of fused-ring (bicyclic) bond motifs is 1. The number of nitrogens with zero attached hydrogens (tertiary/aromatic N) is 2. The summed E-state index contributed by atoms with van der Waals surface area (Å²) in [7, 11) is 0. The van der Waals surface area contributed by atoms with Gasteiger partial charge >= 0.3 is 5.97 Å². The number of carboxylic acids is 1.